The largest absolute Gasteiger partial charge is 0.481 e. The van der Waals surface area contributed by atoms with Gasteiger partial charge in [-0.1, -0.05) is 12.1 Å². The Morgan fingerprint density at radius 3 is 2.22 bits per heavy atom. The van der Waals surface area contributed by atoms with Gasteiger partial charge in [-0.2, -0.15) is 0 Å². The normalized spacial score (nSPS) is 11.5. The summed E-state index contributed by atoms with van der Waals surface area (Å²) in [5, 5.41) is 8.85. The molecule has 0 unspecified atom stereocenters. The molecule has 0 radical (unpaired) electrons. The quantitative estimate of drug-likeness (QED) is 0.692. The van der Waals surface area contributed by atoms with Crippen LogP contribution in [0.3, 0.4) is 0 Å². The van der Waals surface area contributed by atoms with Crippen LogP contribution in [0.4, 0.5) is 4.39 Å². The standard InChI is InChI=1S/C19H16FNO5S/c1-27(24,25)15-8-4-12(5-9-15)18-19(13-2-6-14(20)7-3-13)26-16(21-18)10-11-17(22)23/h2-9H,10-11H2,1H3,(H,22,23). The lowest BCUT2D eigenvalue weighted by Gasteiger charge is -2.03. The number of hydrogen-bond acceptors (Lipinski definition) is 5. The number of nitrogens with zero attached hydrogens (tertiary/aromatic N) is 1. The molecule has 27 heavy (non-hydrogen) atoms. The predicted molar refractivity (Wildman–Crippen MR) is 96.4 cm³/mol. The van der Waals surface area contributed by atoms with Crippen LogP contribution in [0.1, 0.15) is 12.3 Å². The average Bonchev–Trinajstić information content (AvgIpc) is 3.04. The molecule has 1 aromatic heterocycles. The third-order valence-electron chi connectivity index (χ3n) is 3.89. The Morgan fingerprint density at radius 2 is 1.67 bits per heavy atom. The van der Waals surface area contributed by atoms with Crippen LogP contribution in [0.2, 0.25) is 0 Å². The molecule has 8 heteroatoms. The number of rotatable bonds is 6. The van der Waals surface area contributed by atoms with E-state index in [9.17, 15) is 17.6 Å². The van der Waals surface area contributed by atoms with Gasteiger partial charge in [-0.05, 0) is 36.4 Å². The maximum absolute atomic E-state index is 13.2. The van der Waals surface area contributed by atoms with Crippen molar-refractivity contribution in [1.29, 1.82) is 0 Å². The lowest BCUT2D eigenvalue weighted by atomic mass is 10.1. The van der Waals surface area contributed by atoms with Gasteiger partial charge < -0.3 is 9.52 Å². The first-order valence-corrected chi connectivity index (χ1v) is 9.91. The van der Waals surface area contributed by atoms with Crippen LogP contribution in [0.15, 0.2) is 57.8 Å². The maximum atomic E-state index is 13.2. The molecule has 0 fully saturated rings. The van der Waals surface area contributed by atoms with Crippen molar-refractivity contribution in [1.82, 2.24) is 4.98 Å². The van der Waals surface area contributed by atoms with Crippen molar-refractivity contribution in [3.05, 3.63) is 60.2 Å². The van der Waals surface area contributed by atoms with E-state index in [1.54, 1.807) is 12.1 Å². The van der Waals surface area contributed by atoms with Crippen LogP contribution < -0.4 is 0 Å². The van der Waals surface area contributed by atoms with Crippen LogP contribution in [-0.2, 0) is 21.1 Å². The van der Waals surface area contributed by atoms with Gasteiger partial charge in [0.15, 0.2) is 21.5 Å². The molecular weight excluding hydrogens is 373 g/mol. The summed E-state index contributed by atoms with van der Waals surface area (Å²) >= 11 is 0. The number of aryl methyl sites for hydroxylation is 1. The van der Waals surface area contributed by atoms with E-state index in [-0.39, 0.29) is 23.6 Å². The molecule has 1 heterocycles. The van der Waals surface area contributed by atoms with E-state index in [4.69, 9.17) is 9.52 Å². The van der Waals surface area contributed by atoms with Crippen LogP contribution in [0, 0.1) is 5.82 Å². The Kier molecular flexibility index (Phi) is 5.09. The molecule has 0 amide bonds. The number of carbonyl (C=O) groups is 1. The minimum Gasteiger partial charge on any atom is -0.481 e. The lowest BCUT2D eigenvalue weighted by molar-refractivity contribution is -0.137. The van der Waals surface area contributed by atoms with Crippen LogP contribution in [0.25, 0.3) is 22.6 Å². The number of oxazole rings is 1. The first-order valence-electron chi connectivity index (χ1n) is 8.02. The number of sulfone groups is 1. The Morgan fingerprint density at radius 1 is 1.07 bits per heavy atom. The van der Waals surface area contributed by atoms with Gasteiger partial charge in [0.25, 0.3) is 0 Å². The molecule has 0 aliphatic carbocycles. The SMILES string of the molecule is CS(=O)(=O)c1ccc(-c2nc(CCC(=O)O)oc2-c2ccc(F)cc2)cc1. The Bertz CT molecular complexity index is 1070. The molecule has 140 valence electrons. The molecule has 0 saturated carbocycles. The average molecular weight is 389 g/mol. The number of carboxylic acids is 1. The highest BCUT2D eigenvalue weighted by Gasteiger charge is 2.18. The molecule has 0 spiro atoms. The summed E-state index contributed by atoms with van der Waals surface area (Å²) in [5.74, 6) is -0.777. The fraction of sp³-hybridized carbons (Fsp3) is 0.158. The summed E-state index contributed by atoms with van der Waals surface area (Å²) < 4.78 is 42.2. The number of hydrogen-bond donors (Lipinski definition) is 1. The van der Waals surface area contributed by atoms with Crippen molar-refractivity contribution in [2.75, 3.05) is 6.26 Å². The van der Waals surface area contributed by atoms with Crippen molar-refractivity contribution in [3.63, 3.8) is 0 Å². The van der Waals surface area contributed by atoms with Gasteiger partial charge in [0.1, 0.15) is 11.5 Å². The minimum absolute atomic E-state index is 0.102. The smallest absolute Gasteiger partial charge is 0.303 e. The number of aromatic nitrogens is 1. The van der Waals surface area contributed by atoms with E-state index in [0.29, 0.717) is 22.6 Å². The first-order chi connectivity index (χ1) is 12.7. The molecule has 0 atom stereocenters. The number of carboxylic acid groups (broad SMARTS) is 1. The number of benzene rings is 2. The molecule has 6 nitrogen and oxygen atoms in total. The zero-order chi connectivity index (χ0) is 19.6. The fourth-order valence-electron chi connectivity index (χ4n) is 2.54. The van der Waals surface area contributed by atoms with Crippen LogP contribution >= 0.6 is 0 Å². The Labute approximate surface area is 155 Å². The van der Waals surface area contributed by atoms with Gasteiger partial charge in [-0.25, -0.2) is 17.8 Å². The topological polar surface area (TPSA) is 97.5 Å². The summed E-state index contributed by atoms with van der Waals surface area (Å²) in [7, 11) is -3.33. The van der Waals surface area contributed by atoms with Crippen LogP contribution in [0.5, 0.6) is 0 Å². The van der Waals surface area contributed by atoms with E-state index < -0.39 is 21.6 Å². The van der Waals surface area contributed by atoms with Crippen molar-refractivity contribution in [3.8, 4) is 22.6 Å². The molecule has 2 aromatic carbocycles. The summed E-state index contributed by atoms with van der Waals surface area (Å²) in [6, 6.07) is 11.8. The zero-order valence-corrected chi connectivity index (χ0v) is 15.2. The van der Waals surface area contributed by atoms with Gasteiger partial charge in [-0.15, -0.1) is 0 Å². The summed E-state index contributed by atoms with van der Waals surface area (Å²) in [4.78, 5) is 15.3. The molecule has 0 aliphatic rings. The van der Waals surface area contributed by atoms with Gasteiger partial charge in [0, 0.05) is 23.8 Å². The Hall–Kier alpha value is -3.00. The van der Waals surface area contributed by atoms with Crippen molar-refractivity contribution >= 4 is 15.8 Å². The highest BCUT2D eigenvalue weighted by molar-refractivity contribution is 7.90. The molecular formula is C19H16FNO5S. The Balaban J connectivity index is 2.06. The van der Waals surface area contributed by atoms with E-state index >= 15 is 0 Å². The summed E-state index contributed by atoms with van der Waals surface area (Å²) in [6.45, 7) is 0. The predicted octanol–water partition coefficient (Wildman–Crippen LogP) is 3.57. The number of halogens is 1. The lowest BCUT2D eigenvalue weighted by Crippen LogP contribution is -1.97. The molecule has 0 saturated heterocycles. The van der Waals surface area contributed by atoms with Crippen LogP contribution in [-0.4, -0.2) is 30.7 Å². The zero-order valence-electron chi connectivity index (χ0n) is 14.3. The first kappa shape index (κ1) is 18.8. The van der Waals surface area contributed by atoms with Gasteiger partial charge in [0.2, 0.25) is 0 Å². The fourth-order valence-corrected chi connectivity index (χ4v) is 3.17. The summed E-state index contributed by atoms with van der Waals surface area (Å²) in [6.07, 6.45) is 1.08. The third kappa shape index (κ3) is 4.40. The van der Waals surface area contributed by atoms with Crippen molar-refractivity contribution in [2.24, 2.45) is 0 Å². The second-order valence-corrected chi connectivity index (χ2v) is 8.00. The molecule has 0 aliphatic heterocycles. The summed E-state index contributed by atoms with van der Waals surface area (Å²) in [5.41, 5.74) is 1.61. The number of aliphatic carboxylic acids is 1. The second kappa shape index (κ2) is 7.32. The maximum Gasteiger partial charge on any atom is 0.303 e. The molecule has 0 bridgehead atoms. The molecule has 3 aromatic rings. The molecule has 1 N–H and O–H groups in total. The van der Waals surface area contributed by atoms with Gasteiger partial charge in [-0.3, -0.25) is 4.79 Å². The highest BCUT2D eigenvalue weighted by atomic mass is 32.2. The van der Waals surface area contributed by atoms with Crippen molar-refractivity contribution < 1.29 is 27.1 Å². The third-order valence-corrected chi connectivity index (χ3v) is 5.01. The van der Waals surface area contributed by atoms with Gasteiger partial charge in [0.05, 0.1) is 11.3 Å². The van der Waals surface area contributed by atoms with E-state index in [0.717, 1.165) is 6.26 Å². The minimum atomic E-state index is -3.33. The van der Waals surface area contributed by atoms with Gasteiger partial charge >= 0.3 is 5.97 Å². The van der Waals surface area contributed by atoms with E-state index in [2.05, 4.69) is 4.98 Å². The molecule has 3 rings (SSSR count). The van der Waals surface area contributed by atoms with E-state index in [1.165, 1.54) is 36.4 Å². The monoisotopic (exact) mass is 389 g/mol. The van der Waals surface area contributed by atoms with Crippen molar-refractivity contribution in [2.45, 2.75) is 17.7 Å². The second-order valence-electron chi connectivity index (χ2n) is 5.98. The highest BCUT2D eigenvalue weighted by Crippen LogP contribution is 2.33. The van der Waals surface area contributed by atoms with E-state index in [1.807, 2.05) is 0 Å².